The third-order valence-corrected chi connectivity index (χ3v) is 2.75. The molecule has 0 bridgehead atoms. The molecule has 1 N–H and O–H groups in total. The predicted octanol–water partition coefficient (Wildman–Crippen LogP) is 2.10. The molecule has 2 rings (SSSR count). The maximum Gasteiger partial charge on any atom is 0.419 e. The number of nitrogens with zero attached hydrogens (tertiary/aromatic N) is 4. The molecule has 0 saturated heterocycles. The summed E-state index contributed by atoms with van der Waals surface area (Å²) in [6.07, 6.45) is -1.20. The second-order valence-corrected chi connectivity index (χ2v) is 4.23. The molecule has 5 nitrogen and oxygen atoms in total. The number of hydrogen-bond donors (Lipinski definition) is 1. The van der Waals surface area contributed by atoms with Crippen molar-refractivity contribution < 1.29 is 13.2 Å². The first-order valence-electron chi connectivity index (χ1n) is 6.07. The lowest BCUT2D eigenvalue weighted by Crippen LogP contribution is -2.14. The van der Waals surface area contributed by atoms with Gasteiger partial charge in [-0.05, 0) is 13.5 Å². The normalized spacial score (nSPS) is 11.8. The molecule has 20 heavy (non-hydrogen) atoms. The van der Waals surface area contributed by atoms with Crippen molar-refractivity contribution in [3.8, 4) is 5.95 Å². The number of aromatic nitrogens is 4. The molecule has 8 heteroatoms. The highest BCUT2D eigenvalue weighted by atomic mass is 19.4. The topological polar surface area (TPSA) is 55.6 Å². The molecule has 0 amide bonds. The van der Waals surface area contributed by atoms with Crippen molar-refractivity contribution in [1.29, 1.82) is 0 Å². The molecule has 0 aliphatic heterocycles. The van der Waals surface area contributed by atoms with Crippen LogP contribution in [0.4, 0.5) is 13.2 Å². The first kappa shape index (κ1) is 14.4. The molecule has 0 unspecified atom stereocenters. The molecule has 0 aliphatic carbocycles. The average Bonchev–Trinajstić information content (AvgIpc) is 2.86. The Balaban J connectivity index is 2.25. The number of aryl methyl sites for hydroxylation is 1. The van der Waals surface area contributed by atoms with Crippen LogP contribution in [0.1, 0.15) is 23.7 Å². The Morgan fingerprint density at radius 1 is 1.30 bits per heavy atom. The highest BCUT2D eigenvalue weighted by Crippen LogP contribution is 2.28. The zero-order valence-corrected chi connectivity index (χ0v) is 11.1. The number of hydrogen-bond acceptors (Lipinski definition) is 4. The maximum atomic E-state index is 12.5. The minimum Gasteiger partial charge on any atom is -0.313 e. The molecular weight excluding hydrogens is 271 g/mol. The van der Waals surface area contributed by atoms with Gasteiger partial charge in [0.15, 0.2) is 0 Å². The maximum absolute atomic E-state index is 12.5. The van der Waals surface area contributed by atoms with Gasteiger partial charge in [0.2, 0.25) is 0 Å². The molecule has 0 aliphatic rings. The molecule has 0 atom stereocenters. The van der Waals surface area contributed by atoms with E-state index in [0.717, 1.165) is 29.2 Å². The van der Waals surface area contributed by atoms with Crippen LogP contribution >= 0.6 is 0 Å². The second-order valence-electron chi connectivity index (χ2n) is 4.23. The zero-order chi connectivity index (χ0) is 14.8. The average molecular weight is 285 g/mol. The lowest BCUT2D eigenvalue weighted by Gasteiger charge is -2.07. The molecule has 2 aromatic heterocycles. The number of nitrogens with one attached hydrogen (secondary N) is 1. The summed E-state index contributed by atoms with van der Waals surface area (Å²) in [6.45, 7) is 5.20. The highest BCUT2D eigenvalue weighted by Gasteiger charge is 2.32. The quantitative estimate of drug-likeness (QED) is 0.934. The van der Waals surface area contributed by atoms with Gasteiger partial charge in [-0.1, -0.05) is 6.92 Å². The molecular formula is C12H14F3N5. The molecule has 0 aromatic carbocycles. The summed E-state index contributed by atoms with van der Waals surface area (Å²) in [5.74, 6) is 0.123. The van der Waals surface area contributed by atoms with Crippen LogP contribution in [0.3, 0.4) is 0 Å². The third kappa shape index (κ3) is 3.13. The van der Waals surface area contributed by atoms with Crippen LogP contribution in [0.2, 0.25) is 0 Å². The van der Waals surface area contributed by atoms with E-state index in [-0.39, 0.29) is 5.95 Å². The van der Waals surface area contributed by atoms with Gasteiger partial charge in [-0.25, -0.2) is 14.6 Å². The summed E-state index contributed by atoms with van der Waals surface area (Å²) in [5, 5.41) is 6.78. The van der Waals surface area contributed by atoms with E-state index in [0.29, 0.717) is 12.2 Å². The highest BCUT2D eigenvalue weighted by molar-refractivity contribution is 5.23. The SMILES string of the molecule is CCNCc1cnc(-n2cc(C(F)(F)F)cn2)nc1C. The Morgan fingerprint density at radius 2 is 2.05 bits per heavy atom. The molecule has 0 saturated carbocycles. The minimum atomic E-state index is -4.42. The third-order valence-electron chi connectivity index (χ3n) is 2.75. The Hall–Kier alpha value is -1.96. The van der Waals surface area contributed by atoms with E-state index < -0.39 is 11.7 Å². The number of halogens is 3. The van der Waals surface area contributed by atoms with E-state index in [2.05, 4.69) is 20.4 Å². The Kier molecular flexibility index (Phi) is 4.03. The van der Waals surface area contributed by atoms with Crippen LogP contribution in [0, 0.1) is 6.92 Å². The van der Waals surface area contributed by atoms with Crippen molar-refractivity contribution in [3.63, 3.8) is 0 Å². The number of rotatable bonds is 4. The van der Waals surface area contributed by atoms with Gasteiger partial charge >= 0.3 is 6.18 Å². The fraction of sp³-hybridized carbons (Fsp3) is 0.417. The van der Waals surface area contributed by atoms with Gasteiger partial charge in [-0.15, -0.1) is 0 Å². The van der Waals surface area contributed by atoms with Crippen molar-refractivity contribution in [3.05, 3.63) is 35.4 Å². The van der Waals surface area contributed by atoms with Gasteiger partial charge in [-0.2, -0.15) is 18.3 Å². The van der Waals surface area contributed by atoms with E-state index >= 15 is 0 Å². The standard InChI is InChI=1S/C12H14F3N5/c1-3-16-4-9-5-17-11(19-8(9)2)20-7-10(6-18-20)12(13,14)15/h5-7,16H,3-4H2,1-2H3. The number of alkyl halides is 3. The largest absolute Gasteiger partial charge is 0.419 e. The van der Waals surface area contributed by atoms with Crippen LogP contribution in [-0.2, 0) is 12.7 Å². The second kappa shape index (κ2) is 5.58. The summed E-state index contributed by atoms with van der Waals surface area (Å²) in [7, 11) is 0. The van der Waals surface area contributed by atoms with Gasteiger partial charge in [0.05, 0.1) is 11.8 Å². The van der Waals surface area contributed by atoms with Gasteiger partial charge in [-0.3, -0.25) is 0 Å². The van der Waals surface area contributed by atoms with Crippen molar-refractivity contribution in [2.45, 2.75) is 26.6 Å². The van der Waals surface area contributed by atoms with Crippen LogP contribution in [-0.4, -0.2) is 26.3 Å². The predicted molar refractivity (Wildman–Crippen MR) is 66.3 cm³/mol. The summed E-state index contributed by atoms with van der Waals surface area (Å²) in [6, 6.07) is 0. The van der Waals surface area contributed by atoms with Crippen LogP contribution in [0.25, 0.3) is 5.95 Å². The van der Waals surface area contributed by atoms with Crippen molar-refractivity contribution in [2.24, 2.45) is 0 Å². The van der Waals surface area contributed by atoms with Crippen molar-refractivity contribution >= 4 is 0 Å². The van der Waals surface area contributed by atoms with Gasteiger partial charge in [0, 0.05) is 30.2 Å². The molecule has 0 fully saturated rings. The van der Waals surface area contributed by atoms with Gasteiger partial charge < -0.3 is 5.32 Å². The summed E-state index contributed by atoms with van der Waals surface area (Å²) < 4.78 is 38.5. The van der Waals surface area contributed by atoms with Crippen LogP contribution < -0.4 is 5.32 Å². The van der Waals surface area contributed by atoms with Crippen molar-refractivity contribution in [1.82, 2.24) is 25.1 Å². The Morgan fingerprint density at radius 3 is 2.60 bits per heavy atom. The minimum absolute atomic E-state index is 0.123. The molecule has 0 radical (unpaired) electrons. The molecule has 108 valence electrons. The van der Waals surface area contributed by atoms with Crippen molar-refractivity contribution in [2.75, 3.05) is 6.54 Å². The zero-order valence-electron chi connectivity index (χ0n) is 11.1. The molecule has 2 heterocycles. The Labute approximate surface area is 113 Å². The van der Waals surface area contributed by atoms with Gasteiger partial charge in [0.25, 0.3) is 5.95 Å². The smallest absolute Gasteiger partial charge is 0.313 e. The first-order chi connectivity index (χ1) is 9.41. The summed E-state index contributed by atoms with van der Waals surface area (Å²) in [5.41, 5.74) is 0.786. The van der Waals surface area contributed by atoms with Crippen LogP contribution in [0.5, 0.6) is 0 Å². The summed E-state index contributed by atoms with van der Waals surface area (Å²) >= 11 is 0. The van der Waals surface area contributed by atoms with E-state index in [9.17, 15) is 13.2 Å². The van der Waals surface area contributed by atoms with Crippen LogP contribution in [0.15, 0.2) is 18.6 Å². The fourth-order valence-electron chi connectivity index (χ4n) is 1.60. The Bertz CT molecular complexity index is 591. The lowest BCUT2D eigenvalue weighted by atomic mass is 10.2. The molecule has 2 aromatic rings. The van der Waals surface area contributed by atoms with E-state index in [4.69, 9.17) is 0 Å². The molecule has 0 spiro atoms. The van der Waals surface area contributed by atoms with E-state index in [1.807, 2.05) is 6.92 Å². The van der Waals surface area contributed by atoms with E-state index in [1.54, 1.807) is 13.1 Å². The van der Waals surface area contributed by atoms with E-state index in [1.165, 1.54) is 0 Å². The fourth-order valence-corrected chi connectivity index (χ4v) is 1.60. The lowest BCUT2D eigenvalue weighted by molar-refractivity contribution is -0.137. The summed E-state index contributed by atoms with van der Waals surface area (Å²) in [4.78, 5) is 8.21. The van der Waals surface area contributed by atoms with Gasteiger partial charge in [0.1, 0.15) is 0 Å². The monoisotopic (exact) mass is 285 g/mol. The first-order valence-corrected chi connectivity index (χ1v) is 6.07.